The van der Waals surface area contributed by atoms with Crippen molar-refractivity contribution in [3.63, 3.8) is 0 Å². The molecule has 37 heavy (non-hydrogen) atoms. The lowest BCUT2D eigenvalue weighted by molar-refractivity contribution is -0.118. The lowest BCUT2D eigenvalue weighted by Gasteiger charge is -2.15. The molecule has 8 nitrogen and oxygen atoms in total. The Morgan fingerprint density at radius 2 is 1.89 bits per heavy atom. The summed E-state index contributed by atoms with van der Waals surface area (Å²) < 4.78 is 14.4. The van der Waals surface area contributed by atoms with Crippen molar-refractivity contribution in [1.82, 2.24) is 9.66 Å². The number of carbonyl (C=O) groups is 1. The van der Waals surface area contributed by atoms with E-state index in [0.29, 0.717) is 46.1 Å². The minimum atomic E-state index is -0.280. The van der Waals surface area contributed by atoms with Gasteiger partial charge in [-0.15, -0.1) is 0 Å². The summed E-state index contributed by atoms with van der Waals surface area (Å²) in [5.41, 5.74) is 2.85. The molecule has 4 rings (SSSR count). The van der Waals surface area contributed by atoms with Crippen LogP contribution in [-0.4, -0.2) is 35.0 Å². The predicted octanol–water partition coefficient (Wildman–Crippen LogP) is 5.68. The first kappa shape index (κ1) is 26.8. The number of benzene rings is 3. The molecule has 0 aliphatic heterocycles. The lowest BCUT2D eigenvalue weighted by Crippen LogP contribution is -2.21. The topological polar surface area (TPSA) is 94.8 Å². The molecule has 190 valence electrons. The first-order chi connectivity index (χ1) is 17.7. The summed E-state index contributed by atoms with van der Waals surface area (Å²) in [5.74, 6) is 1.13. The Bertz CT molecular complexity index is 1550. The summed E-state index contributed by atoms with van der Waals surface area (Å²) in [5, 5.41) is 7.68. The van der Waals surface area contributed by atoms with Gasteiger partial charge in [0, 0.05) is 10.2 Å². The average molecular weight is 675 g/mol. The fourth-order valence-electron chi connectivity index (χ4n) is 3.56. The zero-order valence-corrected chi connectivity index (χ0v) is 24.2. The number of ether oxygens (including phenoxy) is 2. The van der Waals surface area contributed by atoms with Gasteiger partial charge in [0.1, 0.15) is 5.82 Å². The fraction of sp³-hybridized carbons (Fsp3) is 0.185. The third-order valence-electron chi connectivity index (χ3n) is 5.31. The van der Waals surface area contributed by atoms with Gasteiger partial charge >= 0.3 is 0 Å². The number of fused-ring (bicyclic) bond motifs is 1. The average Bonchev–Trinajstić information content (AvgIpc) is 2.85. The second-order valence-corrected chi connectivity index (χ2v) is 10.2. The number of carbonyl (C=O) groups excluding carboxylic acids is 1. The maximum atomic E-state index is 13.0. The van der Waals surface area contributed by atoms with E-state index in [2.05, 4.69) is 53.9 Å². The summed E-state index contributed by atoms with van der Waals surface area (Å²) in [6.45, 7) is 5.81. The standard InChI is InChI=1S/C27H24BrIN4O4/c1-4-36-24-12-18(14-30-33-17(3)31-23-10-7-19(28)13-21(23)27(33)35)11-22(29)26(24)37-15-25(34)32-20-8-5-16(2)6-9-20/h5-14H,4,15H2,1-3H3,(H,32,34). The number of nitrogens with zero attached hydrogens (tertiary/aromatic N) is 3. The van der Waals surface area contributed by atoms with Gasteiger partial charge in [0.05, 0.1) is 27.3 Å². The second-order valence-electron chi connectivity index (χ2n) is 8.15. The third kappa shape index (κ3) is 6.55. The summed E-state index contributed by atoms with van der Waals surface area (Å²) in [6.07, 6.45) is 1.57. The molecule has 0 fully saturated rings. The van der Waals surface area contributed by atoms with Crippen molar-refractivity contribution in [3.05, 3.63) is 89.9 Å². The number of aromatic nitrogens is 2. The van der Waals surface area contributed by atoms with Crippen molar-refractivity contribution in [3.8, 4) is 11.5 Å². The molecule has 3 aromatic carbocycles. The van der Waals surface area contributed by atoms with Crippen LogP contribution in [0.4, 0.5) is 5.69 Å². The highest BCUT2D eigenvalue weighted by molar-refractivity contribution is 14.1. The van der Waals surface area contributed by atoms with E-state index in [9.17, 15) is 9.59 Å². The van der Waals surface area contributed by atoms with Crippen molar-refractivity contribution in [2.24, 2.45) is 5.10 Å². The minimum Gasteiger partial charge on any atom is -0.490 e. The number of rotatable bonds is 8. The van der Waals surface area contributed by atoms with Crippen LogP contribution < -0.4 is 20.3 Å². The quantitative estimate of drug-likeness (QED) is 0.192. The first-order valence-electron chi connectivity index (χ1n) is 11.4. The van der Waals surface area contributed by atoms with Gasteiger partial charge in [-0.1, -0.05) is 33.6 Å². The molecular weight excluding hydrogens is 651 g/mol. The number of nitrogens with one attached hydrogen (secondary N) is 1. The normalized spacial score (nSPS) is 11.2. The van der Waals surface area contributed by atoms with E-state index in [4.69, 9.17) is 9.47 Å². The summed E-state index contributed by atoms with van der Waals surface area (Å²) in [7, 11) is 0. The van der Waals surface area contributed by atoms with Crippen LogP contribution in [0.5, 0.6) is 11.5 Å². The molecule has 1 aromatic heterocycles. The zero-order chi connectivity index (χ0) is 26.5. The Labute approximate surface area is 236 Å². The van der Waals surface area contributed by atoms with Crippen LogP contribution in [0.25, 0.3) is 10.9 Å². The van der Waals surface area contributed by atoms with Gasteiger partial charge in [-0.05, 0) is 91.4 Å². The van der Waals surface area contributed by atoms with E-state index in [-0.39, 0.29) is 18.1 Å². The third-order valence-corrected chi connectivity index (χ3v) is 6.60. The van der Waals surface area contributed by atoms with Crippen LogP contribution in [0.15, 0.2) is 69.0 Å². The molecule has 1 amide bonds. The van der Waals surface area contributed by atoms with Crippen LogP contribution in [-0.2, 0) is 4.79 Å². The molecule has 4 aromatic rings. The van der Waals surface area contributed by atoms with Crippen molar-refractivity contribution in [2.75, 3.05) is 18.5 Å². The number of anilines is 1. The maximum Gasteiger partial charge on any atom is 0.282 e. The fourth-order valence-corrected chi connectivity index (χ4v) is 4.70. The maximum absolute atomic E-state index is 13.0. The molecule has 0 spiro atoms. The van der Waals surface area contributed by atoms with Gasteiger partial charge < -0.3 is 14.8 Å². The van der Waals surface area contributed by atoms with E-state index in [0.717, 1.165) is 13.6 Å². The highest BCUT2D eigenvalue weighted by Gasteiger charge is 2.14. The molecular formula is C27H24BrIN4O4. The van der Waals surface area contributed by atoms with Gasteiger partial charge in [-0.25, -0.2) is 4.98 Å². The smallest absolute Gasteiger partial charge is 0.282 e. The van der Waals surface area contributed by atoms with E-state index in [1.807, 2.05) is 50.2 Å². The Morgan fingerprint density at radius 1 is 1.14 bits per heavy atom. The van der Waals surface area contributed by atoms with Crippen LogP contribution in [0.3, 0.4) is 0 Å². The molecule has 0 aliphatic carbocycles. The predicted molar refractivity (Wildman–Crippen MR) is 157 cm³/mol. The summed E-state index contributed by atoms with van der Waals surface area (Å²) in [6, 6.07) is 16.5. The highest BCUT2D eigenvalue weighted by Crippen LogP contribution is 2.34. The second kappa shape index (κ2) is 11.9. The van der Waals surface area contributed by atoms with Crippen molar-refractivity contribution in [1.29, 1.82) is 0 Å². The van der Waals surface area contributed by atoms with E-state index in [1.54, 1.807) is 31.3 Å². The Hall–Kier alpha value is -3.25. The number of amides is 1. The highest BCUT2D eigenvalue weighted by atomic mass is 127. The first-order valence-corrected chi connectivity index (χ1v) is 13.3. The molecule has 0 aliphatic rings. The Morgan fingerprint density at radius 3 is 2.62 bits per heavy atom. The zero-order valence-electron chi connectivity index (χ0n) is 20.4. The van der Waals surface area contributed by atoms with Crippen LogP contribution in [0, 0.1) is 17.4 Å². The Balaban J connectivity index is 1.56. The van der Waals surface area contributed by atoms with Crippen LogP contribution >= 0.6 is 38.5 Å². The SMILES string of the molecule is CCOc1cc(C=Nn2c(C)nc3ccc(Br)cc3c2=O)cc(I)c1OCC(=O)Nc1ccc(C)cc1. The summed E-state index contributed by atoms with van der Waals surface area (Å²) >= 11 is 5.52. The largest absolute Gasteiger partial charge is 0.490 e. The molecule has 0 unspecified atom stereocenters. The monoisotopic (exact) mass is 674 g/mol. The number of hydrogen-bond acceptors (Lipinski definition) is 6. The van der Waals surface area contributed by atoms with E-state index < -0.39 is 0 Å². The minimum absolute atomic E-state index is 0.176. The molecule has 0 radical (unpaired) electrons. The molecule has 0 bridgehead atoms. The van der Waals surface area contributed by atoms with Gasteiger partial charge in [-0.3, -0.25) is 9.59 Å². The number of aryl methyl sites for hydroxylation is 2. The molecule has 0 atom stereocenters. The lowest BCUT2D eigenvalue weighted by atomic mass is 10.2. The Kier molecular flexibility index (Phi) is 8.59. The summed E-state index contributed by atoms with van der Waals surface area (Å²) in [4.78, 5) is 29.9. The van der Waals surface area contributed by atoms with Crippen LogP contribution in [0.1, 0.15) is 23.9 Å². The van der Waals surface area contributed by atoms with Gasteiger partial charge in [0.2, 0.25) is 0 Å². The van der Waals surface area contributed by atoms with Gasteiger partial charge in [0.25, 0.3) is 11.5 Å². The van der Waals surface area contributed by atoms with Crippen molar-refractivity contribution < 1.29 is 14.3 Å². The molecule has 0 saturated carbocycles. The molecule has 10 heteroatoms. The molecule has 1 heterocycles. The van der Waals surface area contributed by atoms with E-state index in [1.165, 1.54) is 4.68 Å². The van der Waals surface area contributed by atoms with Gasteiger partial charge in [-0.2, -0.15) is 9.78 Å². The molecule has 1 N–H and O–H groups in total. The van der Waals surface area contributed by atoms with Crippen molar-refractivity contribution >= 4 is 67.2 Å². The number of hydrogen-bond donors (Lipinski definition) is 1. The number of halogens is 2. The molecule has 0 saturated heterocycles. The van der Waals surface area contributed by atoms with Crippen molar-refractivity contribution in [2.45, 2.75) is 20.8 Å². The van der Waals surface area contributed by atoms with Gasteiger partial charge in [0.15, 0.2) is 18.1 Å². The van der Waals surface area contributed by atoms with E-state index >= 15 is 0 Å². The van der Waals surface area contributed by atoms with Crippen LogP contribution in [0.2, 0.25) is 0 Å².